The summed E-state index contributed by atoms with van der Waals surface area (Å²) >= 11 is 0. The lowest BCUT2D eigenvalue weighted by atomic mass is 10.2. The van der Waals surface area contributed by atoms with E-state index in [-0.39, 0.29) is 0 Å². The van der Waals surface area contributed by atoms with E-state index in [1.807, 2.05) is 18.2 Å². The summed E-state index contributed by atoms with van der Waals surface area (Å²) in [6, 6.07) is 6.31. The Balaban J connectivity index is 1.90. The maximum atomic E-state index is 5.83. The van der Waals surface area contributed by atoms with Gasteiger partial charge in [0.05, 0.1) is 7.11 Å². The molecule has 0 spiro atoms. The second-order valence-corrected chi connectivity index (χ2v) is 4.97. The van der Waals surface area contributed by atoms with Gasteiger partial charge in [0.25, 0.3) is 0 Å². The van der Waals surface area contributed by atoms with E-state index in [1.165, 1.54) is 25.9 Å². The fourth-order valence-corrected chi connectivity index (χ4v) is 2.42. The van der Waals surface area contributed by atoms with Crippen molar-refractivity contribution in [2.24, 2.45) is 0 Å². The summed E-state index contributed by atoms with van der Waals surface area (Å²) in [6.45, 7) is 5.65. The minimum atomic E-state index is 0.555. The summed E-state index contributed by atoms with van der Waals surface area (Å²) in [5.41, 5.74) is 7.59. The first-order valence-electron chi connectivity index (χ1n) is 6.61. The molecule has 1 atom stereocenters. The van der Waals surface area contributed by atoms with Gasteiger partial charge in [-0.05, 0) is 38.9 Å². The van der Waals surface area contributed by atoms with E-state index in [0.29, 0.717) is 6.04 Å². The van der Waals surface area contributed by atoms with Gasteiger partial charge in [0.15, 0.2) is 0 Å². The Morgan fingerprint density at radius 2 is 2.06 bits per heavy atom. The van der Waals surface area contributed by atoms with E-state index in [4.69, 9.17) is 10.5 Å². The van der Waals surface area contributed by atoms with Crippen molar-refractivity contribution in [3.8, 4) is 5.75 Å². The van der Waals surface area contributed by atoms with Crippen LogP contribution in [0.1, 0.15) is 19.8 Å². The van der Waals surface area contributed by atoms with Crippen LogP contribution < -0.4 is 15.8 Å². The third-order valence-corrected chi connectivity index (χ3v) is 3.53. The van der Waals surface area contributed by atoms with Crippen molar-refractivity contribution >= 4 is 11.4 Å². The van der Waals surface area contributed by atoms with Crippen molar-refractivity contribution < 1.29 is 4.74 Å². The fraction of sp³-hybridized carbons (Fsp3) is 0.571. The third kappa shape index (κ3) is 3.29. The molecule has 18 heavy (non-hydrogen) atoms. The SMILES string of the molecule is COc1cc(N)cc(NCC(C)N2CCCC2)c1. The van der Waals surface area contributed by atoms with Crippen LogP contribution in [0.25, 0.3) is 0 Å². The molecule has 4 heteroatoms. The first-order chi connectivity index (χ1) is 8.69. The Hall–Kier alpha value is -1.42. The number of anilines is 2. The van der Waals surface area contributed by atoms with Gasteiger partial charge in [-0.2, -0.15) is 0 Å². The van der Waals surface area contributed by atoms with Gasteiger partial charge >= 0.3 is 0 Å². The van der Waals surface area contributed by atoms with Crippen LogP contribution in [0.15, 0.2) is 18.2 Å². The van der Waals surface area contributed by atoms with Crippen LogP contribution in [0, 0.1) is 0 Å². The molecule has 1 aromatic rings. The lowest BCUT2D eigenvalue weighted by Crippen LogP contribution is -2.35. The number of nitrogens with two attached hydrogens (primary N) is 1. The van der Waals surface area contributed by atoms with E-state index in [0.717, 1.165) is 23.7 Å². The van der Waals surface area contributed by atoms with Crippen molar-refractivity contribution in [3.05, 3.63) is 18.2 Å². The molecule has 4 nitrogen and oxygen atoms in total. The first-order valence-corrected chi connectivity index (χ1v) is 6.61. The Morgan fingerprint density at radius 3 is 2.72 bits per heavy atom. The standard InChI is InChI=1S/C14H23N3O/c1-11(17-5-3-4-6-17)10-16-13-7-12(15)8-14(9-13)18-2/h7-9,11,16H,3-6,10,15H2,1-2H3. The molecule has 1 aliphatic heterocycles. The van der Waals surface area contributed by atoms with E-state index in [1.54, 1.807) is 7.11 Å². The average molecular weight is 249 g/mol. The van der Waals surface area contributed by atoms with Crippen molar-refractivity contribution in [2.45, 2.75) is 25.8 Å². The van der Waals surface area contributed by atoms with Crippen LogP contribution >= 0.6 is 0 Å². The molecule has 1 fully saturated rings. The van der Waals surface area contributed by atoms with Crippen LogP contribution in [0.4, 0.5) is 11.4 Å². The van der Waals surface area contributed by atoms with Gasteiger partial charge in [0.2, 0.25) is 0 Å². The van der Waals surface area contributed by atoms with Crippen LogP contribution in [0.5, 0.6) is 5.75 Å². The summed E-state index contributed by atoms with van der Waals surface area (Å²) in [5.74, 6) is 0.798. The normalized spacial score (nSPS) is 17.7. The zero-order valence-electron chi connectivity index (χ0n) is 11.3. The van der Waals surface area contributed by atoms with E-state index in [2.05, 4.69) is 17.1 Å². The molecule has 0 radical (unpaired) electrons. The van der Waals surface area contributed by atoms with Crippen molar-refractivity contribution in [3.63, 3.8) is 0 Å². The lowest BCUT2D eigenvalue weighted by molar-refractivity contribution is 0.269. The van der Waals surface area contributed by atoms with Crippen LogP contribution in [-0.2, 0) is 0 Å². The Kier molecular flexibility index (Phi) is 4.31. The second-order valence-electron chi connectivity index (χ2n) is 4.97. The highest BCUT2D eigenvalue weighted by atomic mass is 16.5. The fourth-order valence-electron chi connectivity index (χ4n) is 2.42. The molecular formula is C14H23N3O. The molecule has 0 aromatic heterocycles. The smallest absolute Gasteiger partial charge is 0.122 e. The molecule has 3 N–H and O–H groups in total. The minimum Gasteiger partial charge on any atom is -0.497 e. The molecule has 0 amide bonds. The summed E-state index contributed by atoms with van der Waals surface area (Å²) in [4.78, 5) is 2.52. The number of hydrogen-bond acceptors (Lipinski definition) is 4. The second kappa shape index (κ2) is 5.96. The average Bonchev–Trinajstić information content (AvgIpc) is 2.89. The highest BCUT2D eigenvalue weighted by Gasteiger charge is 2.17. The number of likely N-dealkylation sites (tertiary alicyclic amines) is 1. The maximum Gasteiger partial charge on any atom is 0.122 e. The van der Waals surface area contributed by atoms with Gasteiger partial charge in [-0.25, -0.2) is 0 Å². The molecule has 2 rings (SSSR count). The third-order valence-electron chi connectivity index (χ3n) is 3.53. The summed E-state index contributed by atoms with van der Waals surface area (Å²) in [7, 11) is 1.66. The number of methoxy groups -OCH3 is 1. The van der Waals surface area contributed by atoms with Gasteiger partial charge < -0.3 is 15.8 Å². The number of nitrogens with zero attached hydrogens (tertiary/aromatic N) is 1. The highest BCUT2D eigenvalue weighted by molar-refractivity contribution is 5.59. The maximum absolute atomic E-state index is 5.83. The van der Waals surface area contributed by atoms with Crippen LogP contribution in [-0.4, -0.2) is 37.7 Å². The van der Waals surface area contributed by atoms with E-state index in [9.17, 15) is 0 Å². The number of rotatable bonds is 5. The monoisotopic (exact) mass is 249 g/mol. The van der Waals surface area contributed by atoms with Crippen molar-refractivity contribution in [1.82, 2.24) is 4.90 Å². The number of nitrogen functional groups attached to an aromatic ring is 1. The number of benzene rings is 1. The van der Waals surface area contributed by atoms with Gasteiger partial charge in [-0.1, -0.05) is 0 Å². The van der Waals surface area contributed by atoms with E-state index >= 15 is 0 Å². The quantitative estimate of drug-likeness (QED) is 0.785. The van der Waals surface area contributed by atoms with Crippen molar-refractivity contribution in [1.29, 1.82) is 0 Å². The van der Waals surface area contributed by atoms with Crippen LogP contribution in [0.3, 0.4) is 0 Å². The topological polar surface area (TPSA) is 50.5 Å². The van der Waals surface area contributed by atoms with Gasteiger partial charge in [0.1, 0.15) is 5.75 Å². The van der Waals surface area contributed by atoms with Crippen molar-refractivity contribution in [2.75, 3.05) is 37.8 Å². The van der Waals surface area contributed by atoms with Gasteiger partial charge in [-0.3, -0.25) is 4.90 Å². The molecule has 0 aliphatic carbocycles. The Labute approximate surface area is 109 Å². The summed E-state index contributed by atoms with van der Waals surface area (Å²) < 4.78 is 5.21. The zero-order chi connectivity index (χ0) is 13.0. The predicted molar refractivity (Wildman–Crippen MR) is 76.2 cm³/mol. The van der Waals surface area contributed by atoms with Gasteiger partial charge in [-0.15, -0.1) is 0 Å². The van der Waals surface area contributed by atoms with Crippen LogP contribution in [0.2, 0.25) is 0 Å². The number of nitrogens with one attached hydrogen (secondary N) is 1. The predicted octanol–water partition coefficient (Wildman–Crippen LogP) is 2.17. The Bertz CT molecular complexity index is 389. The molecule has 1 aromatic carbocycles. The summed E-state index contributed by atoms with van der Waals surface area (Å²) in [5, 5.41) is 3.44. The molecule has 0 saturated carbocycles. The summed E-state index contributed by atoms with van der Waals surface area (Å²) in [6.07, 6.45) is 2.66. The highest BCUT2D eigenvalue weighted by Crippen LogP contribution is 2.22. The molecule has 1 heterocycles. The number of hydrogen-bond donors (Lipinski definition) is 2. The largest absolute Gasteiger partial charge is 0.497 e. The minimum absolute atomic E-state index is 0.555. The molecule has 0 bridgehead atoms. The zero-order valence-corrected chi connectivity index (χ0v) is 11.3. The van der Waals surface area contributed by atoms with Gasteiger partial charge in [0, 0.05) is 36.1 Å². The first kappa shape index (κ1) is 13.0. The Morgan fingerprint density at radius 1 is 1.33 bits per heavy atom. The molecule has 100 valence electrons. The van der Waals surface area contributed by atoms with E-state index < -0.39 is 0 Å². The molecule has 1 aliphatic rings. The molecule has 1 unspecified atom stereocenters. The molecular weight excluding hydrogens is 226 g/mol. The number of ether oxygens (including phenoxy) is 1. The molecule has 1 saturated heterocycles. The lowest BCUT2D eigenvalue weighted by Gasteiger charge is -2.24.